The van der Waals surface area contributed by atoms with Gasteiger partial charge in [-0.3, -0.25) is 9.59 Å². The third-order valence-electron chi connectivity index (χ3n) is 5.86. The maximum absolute atomic E-state index is 13.2. The highest BCUT2D eigenvalue weighted by Crippen LogP contribution is 2.37. The Morgan fingerprint density at radius 1 is 1.07 bits per heavy atom. The first-order valence-electron chi connectivity index (χ1n) is 10.4. The Morgan fingerprint density at radius 2 is 1.69 bits per heavy atom. The van der Waals surface area contributed by atoms with Crippen LogP contribution in [0.3, 0.4) is 0 Å². The van der Waals surface area contributed by atoms with Crippen LogP contribution >= 0.6 is 0 Å². The summed E-state index contributed by atoms with van der Waals surface area (Å²) < 4.78 is 12.0. The van der Waals surface area contributed by atoms with Crippen LogP contribution in [-0.2, 0) is 18.8 Å². The van der Waals surface area contributed by atoms with Gasteiger partial charge in [-0.15, -0.1) is 0 Å². The predicted octanol–water partition coefficient (Wildman–Crippen LogP) is 4.76. The number of carbonyl (C=O) groups is 2. The van der Waals surface area contributed by atoms with Gasteiger partial charge in [0.1, 0.15) is 12.7 Å². The summed E-state index contributed by atoms with van der Waals surface area (Å²) in [6.07, 6.45) is 4.40. The number of cyclic esters (lactones) is 1. The summed E-state index contributed by atoms with van der Waals surface area (Å²) in [4.78, 5) is 25.4. The second-order valence-electron chi connectivity index (χ2n) is 9.31. The highest BCUT2D eigenvalue weighted by atomic mass is 28.4. The molecule has 1 aliphatic heterocycles. The van der Waals surface area contributed by atoms with Crippen molar-refractivity contribution in [2.45, 2.75) is 70.8 Å². The predicted molar refractivity (Wildman–Crippen MR) is 118 cm³/mol. The van der Waals surface area contributed by atoms with Crippen LogP contribution in [0.5, 0.6) is 0 Å². The molecule has 1 N–H and O–H groups in total. The Kier molecular flexibility index (Phi) is 7.83. The van der Waals surface area contributed by atoms with Crippen LogP contribution in [0.2, 0.25) is 18.1 Å². The molecule has 0 saturated carbocycles. The van der Waals surface area contributed by atoms with Gasteiger partial charge in [0.15, 0.2) is 8.32 Å². The van der Waals surface area contributed by atoms with E-state index in [1.165, 1.54) is 0 Å². The fourth-order valence-electron chi connectivity index (χ4n) is 2.84. The van der Waals surface area contributed by atoms with Gasteiger partial charge in [-0.1, -0.05) is 70.2 Å². The Bertz CT molecular complexity index is 724. The molecule has 3 atom stereocenters. The van der Waals surface area contributed by atoms with E-state index in [-0.39, 0.29) is 29.4 Å². The van der Waals surface area contributed by atoms with Crippen LogP contribution in [0.25, 0.3) is 0 Å². The molecule has 0 saturated heterocycles. The summed E-state index contributed by atoms with van der Waals surface area (Å²) in [5.74, 6) is -0.643. The molecule has 1 aromatic rings. The first-order valence-corrected chi connectivity index (χ1v) is 13.3. The number of allylic oxidation sites excluding steroid dienone is 1. The maximum atomic E-state index is 13.2. The number of carbonyl (C=O) groups excluding carboxylic acids is 2. The molecule has 0 radical (unpaired) electrons. The molecule has 0 spiro atoms. The molecule has 6 heteroatoms. The van der Waals surface area contributed by atoms with Gasteiger partial charge in [0.05, 0.1) is 12.0 Å². The molecule has 2 rings (SSSR count). The van der Waals surface area contributed by atoms with Gasteiger partial charge >= 0.3 is 5.97 Å². The molecule has 0 aromatic heterocycles. The highest BCUT2D eigenvalue weighted by molar-refractivity contribution is 6.74. The van der Waals surface area contributed by atoms with Gasteiger partial charge in [0.2, 0.25) is 5.91 Å². The molecule has 0 unspecified atom stereocenters. The van der Waals surface area contributed by atoms with E-state index >= 15 is 0 Å². The Hall–Kier alpha value is -1.92. The fraction of sp³-hybridized carbons (Fsp3) is 0.565. The summed E-state index contributed by atoms with van der Waals surface area (Å²) in [6.45, 7) is 12.8. The number of hydrogen-bond acceptors (Lipinski definition) is 4. The van der Waals surface area contributed by atoms with Crippen molar-refractivity contribution >= 4 is 20.2 Å². The number of amides is 1. The molecule has 5 nitrogen and oxygen atoms in total. The molecule has 1 amide bonds. The molecule has 29 heavy (non-hydrogen) atoms. The van der Waals surface area contributed by atoms with Crippen molar-refractivity contribution in [1.82, 2.24) is 5.32 Å². The zero-order chi connectivity index (χ0) is 21.7. The number of esters is 1. The molecule has 0 bridgehead atoms. The summed E-state index contributed by atoms with van der Waals surface area (Å²) in [5.41, 5.74) is 0.903. The van der Waals surface area contributed by atoms with Crippen molar-refractivity contribution in [2.24, 2.45) is 5.92 Å². The van der Waals surface area contributed by atoms with Gasteiger partial charge in [-0.2, -0.15) is 0 Å². The smallest absolute Gasteiger partial charge is 0.309 e. The largest absolute Gasteiger partial charge is 0.463 e. The second kappa shape index (κ2) is 9.72. The second-order valence-corrected chi connectivity index (χ2v) is 14.1. The van der Waals surface area contributed by atoms with Gasteiger partial charge in [-0.05, 0) is 36.5 Å². The maximum Gasteiger partial charge on any atom is 0.309 e. The zero-order valence-corrected chi connectivity index (χ0v) is 19.5. The SMILES string of the molecule is C[C@@H]1C/C=C\C[C@@H](O[Si](C)(C)C(C)(C)C)C(=O)N[C@H](c2ccccc2)COC1=O. The first-order chi connectivity index (χ1) is 13.5. The minimum atomic E-state index is -2.13. The van der Waals surface area contributed by atoms with Crippen LogP contribution in [0.4, 0.5) is 0 Å². The lowest BCUT2D eigenvalue weighted by atomic mass is 10.0. The van der Waals surface area contributed by atoms with Gasteiger partial charge < -0.3 is 14.5 Å². The number of rotatable bonds is 3. The fourth-order valence-corrected chi connectivity index (χ4v) is 4.10. The quantitative estimate of drug-likeness (QED) is 0.437. The first kappa shape index (κ1) is 23.4. The van der Waals surface area contributed by atoms with Crippen molar-refractivity contribution in [3.05, 3.63) is 48.0 Å². The van der Waals surface area contributed by atoms with Crippen molar-refractivity contribution in [2.75, 3.05) is 6.61 Å². The average molecular weight is 418 g/mol. The van der Waals surface area contributed by atoms with E-state index in [9.17, 15) is 9.59 Å². The molecule has 1 aromatic carbocycles. The summed E-state index contributed by atoms with van der Waals surface area (Å²) >= 11 is 0. The summed E-state index contributed by atoms with van der Waals surface area (Å²) in [6, 6.07) is 9.19. The monoisotopic (exact) mass is 417 g/mol. The van der Waals surface area contributed by atoms with Crippen LogP contribution in [0.15, 0.2) is 42.5 Å². The number of ether oxygens (including phenoxy) is 1. The van der Waals surface area contributed by atoms with E-state index in [1.807, 2.05) is 49.4 Å². The van der Waals surface area contributed by atoms with E-state index in [1.54, 1.807) is 0 Å². The standard InChI is InChI=1S/C23H35NO4Si/c1-17-12-10-11-15-20(28-29(5,6)23(2,3)4)21(25)24-19(16-27-22(17)26)18-13-8-7-9-14-18/h7-11,13-14,17,19-20H,12,15-16H2,1-6H3,(H,24,25)/b11-10-/t17-,19+,20-/m1/s1. The van der Waals surface area contributed by atoms with Crippen molar-refractivity contribution < 1.29 is 18.8 Å². The van der Waals surface area contributed by atoms with Gasteiger partial charge in [0, 0.05) is 0 Å². The van der Waals surface area contributed by atoms with Gasteiger partial charge in [0.25, 0.3) is 0 Å². The molecule has 0 aliphatic carbocycles. The molecular weight excluding hydrogens is 382 g/mol. The van der Waals surface area contributed by atoms with Crippen LogP contribution < -0.4 is 5.32 Å². The van der Waals surface area contributed by atoms with Crippen molar-refractivity contribution in [3.8, 4) is 0 Å². The van der Waals surface area contributed by atoms with Crippen molar-refractivity contribution in [3.63, 3.8) is 0 Å². The third kappa shape index (κ3) is 6.54. The molecule has 1 aliphatic rings. The van der Waals surface area contributed by atoms with E-state index < -0.39 is 20.5 Å². The minimum Gasteiger partial charge on any atom is -0.463 e. The molecule has 1 heterocycles. The highest BCUT2D eigenvalue weighted by Gasteiger charge is 2.40. The number of benzene rings is 1. The lowest BCUT2D eigenvalue weighted by molar-refractivity contribution is -0.149. The third-order valence-corrected chi connectivity index (χ3v) is 10.3. The van der Waals surface area contributed by atoms with Crippen molar-refractivity contribution in [1.29, 1.82) is 0 Å². The van der Waals surface area contributed by atoms with E-state index in [4.69, 9.17) is 9.16 Å². The molecule has 0 fully saturated rings. The van der Waals surface area contributed by atoms with Crippen LogP contribution in [-0.4, -0.2) is 32.9 Å². The Morgan fingerprint density at radius 3 is 2.31 bits per heavy atom. The topological polar surface area (TPSA) is 64.6 Å². The molecule has 160 valence electrons. The Labute approximate surface area is 176 Å². The van der Waals surface area contributed by atoms with E-state index in [0.717, 1.165) is 5.56 Å². The summed E-state index contributed by atoms with van der Waals surface area (Å²) in [5, 5.41) is 3.06. The van der Waals surface area contributed by atoms with Gasteiger partial charge in [-0.25, -0.2) is 0 Å². The lowest BCUT2D eigenvalue weighted by Crippen LogP contribution is -2.49. The Balaban J connectivity index is 2.30. The normalized spacial score (nSPS) is 25.9. The van der Waals surface area contributed by atoms with E-state index in [0.29, 0.717) is 12.8 Å². The average Bonchev–Trinajstić information content (AvgIpc) is 2.65. The lowest BCUT2D eigenvalue weighted by Gasteiger charge is -2.39. The zero-order valence-electron chi connectivity index (χ0n) is 18.5. The number of hydrogen-bond donors (Lipinski definition) is 1. The van der Waals surface area contributed by atoms with E-state index in [2.05, 4.69) is 39.2 Å². The minimum absolute atomic E-state index is 0.00353. The number of nitrogens with one attached hydrogen (secondary N) is 1. The summed E-state index contributed by atoms with van der Waals surface area (Å²) in [7, 11) is -2.13. The van der Waals surface area contributed by atoms with Crippen LogP contribution in [0.1, 0.15) is 52.1 Å². The van der Waals surface area contributed by atoms with Crippen LogP contribution in [0, 0.1) is 5.92 Å². The molecular formula is C23H35NO4Si.